The number of thioether (sulfide) groups is 1. The molecule has 0 saturated heterocycles. The lowest BCUT2D eigenvalue weighted by Gasteiger charge is -2.19. The average Bonchev–Trinajstić information content (AvgIpc) is 2.60. The van der Waals surface area contributed by atoms with Gasteiger partial charge in [-0.3, -0.25) is 4.79 Å². The van der Waals surface area contributed by atoms with Gasteiger partial charge in [0, 0.05) is 17.4 Å². The normalized spacial score (nSPS) is 12.7. The molecule has 0 aromatic heterocycles. The Hall–Kier alpha value is -1.83. The standard InChI is InChI=1S/C18H21NO4S2/c1-24-16-9-5-6-10-17(16)25(22,23)19-15(11-12-18(20)21)13-14-7-3-2-4-8-14/h2-10,15,19H,11-13H2,1H3,(H,20,21). The second-order valence-electron chi connectivity index (χ2n) is 5.59. The molecular weight excluding hydrogens is 358 g/mol. The number of hydrogen-bond donors (Lipinski definition) is 2. The van der Waals surface area contributed by atoms with Gasteiger partial charge < -0.3 is 5.11 Å². The molecule has 25 heavy (non-hydrogen) atoms. The SMILES string of the molecule is CSc1ccccc1S(=O)(=O)NC(CCC(=O)O)Cc1ccccc1. The van der Waals surface area contributed by atoms with Gasteiger partial charge in [-0.1, -0.05) is 42.5 Å². The van der Waals surface area contributed by atoms with Crippen LogP contribution in [0.2, 0.25) is 0 Å². The average molecular weight is 380 g/mol. The fourth-order valence-corrected chi connectivity index (χ4v) is 4.94. The highest BCUT2D eigenvalue weighted by atomic mass is 32.2. The zero-order valence-corrected chi connectivity index (χ0v) is 15.5. The van der Waals surface area contributed by atoms with Crippen molar-refractivity contribution >= 4 is 27.8 Å². The van der Waals surface area contributed by atoms with Gasteiger partial charge in [0.2, 0.25) is 10.0 Å². The minimum absolute atomic E-state index is 0.0931. The van der Waals surface area contributed by atoms with E-state index in [1.54, 1.807) is 24.3 Å². The molecule has 2 rings (SSSR count). The van der Waals surface area contributed by atoms with Crippen LogP contribution in [0.15, 0.2) is 64.4 Å². The van der Waals surface area contributed by atoms with Crippen LogP contribution in [-0.4, -0.2) is 31.8 Å². The largest absolute Gasteiger partial charge is 0.481 e. The van der Waals surface area contributed by atoms with E-state index in [0.717, 1.165) is 5.56 Å². The topological polar surface area (TPSA) is 83.5 Å². The first-order valence-corrected chi connectivity index (χ1v) is 10.5. The summed E-state index contributed by atoms with van der Waals surface area (Å²) in [6, 6.07) is 15.7. The monoisotopic (exact) mass is 379 g/mol. The summed E-state index contributed by atoms with van der Waals surface area (Å²) in [6.07, 6.45) is 2.39. The molecule has 7 heteroatoms. The molecule has 1 unspecified atom stereocenters. The number of carboxylic acids is 1. The van der Waals surface area contributed by atoms with Crippen LogP contribution in [0.4, 0.5) is 0 Å². The number of nitrogens with one attached hydrogen (secondary N) is 1. The zero-order valence-electron chi connectivity index (χ0n) is 13.9. The van der Waals surface area contributed by atoms with Crippen molar-refractivity contribution in [2.24, 2.45) is 0 Å². The molecule has 2 N–H and O–H groups in total. The van der Waals surface area contributed by atoms with E-state index in [1.807, 2.05) is 36.6 Å². The molecule has 0 radical (unpaired) electrons. The van der Waals surface area contributed by atoms with Gasteiger partial charge in [0.05, 0.1) is 4.90 Å². The number of carbonyl (C=O) groups is 1. The number of sulfonamides is 1. The van der Waals surface area contributed by atoms with E-state index in [2.05, 4.69) is 4.72 Å². The number of rotatable bonds is 9. The van der Waals surface area contributed by atoms with Gasteiger partial charge in [0.15, 0.2) is 0 Å². The van der Waals surface area contributed by atoms with Crippen LogP contribution < -0.4 is 4.72 Å². The third-order valence-electron chi connectivity index (χ3n) is 3.71. The Kier molecular flexibility index (Phi) is 7.04. The van der Waals surface area contributed by atoms with Crippen LogP contribution in [0.25, 0.3) is 0 Å². The van der Waals surface area contributed by atoms with Crippen molar-refractivity contribution in [2.45, 2.75) is 35.1 Å². The molecule has 0 aliphatic rings. The highest BCUT2D eigenvalue weighted by Gasteiger charge is 2.23. The van der Waals surface area contributed by atoms with Crippen LogP contribution >= 0.6 is 11.8 Å². The van der Waals surface area contributed by atoms with Crippen LogP contribution in [-0.2, 0) is 21.2 Å². The predicted octanol–water partition coefficient (Wildman–Crippen LogP) is 3.16. The summed E-state index contributed by atoms with van der Waals surface area (Å²) in [5, 5.41) is 8.95. The maximum absolute atomic E-state index is 12.8. The van der Waals surface area contributed by atoms with Gasteiger partial charge in [-0.25, -0.2) is 13.1 Å². The Morgan fingerprint density at radius 2 is 1.76 bits per heavy atom. The Labute approximate surface area is 152 Å². The summed E-state index contributed by atoms with van der Waals surface area (Å²) in [5.74, 6) is -0.943. The molecule has 1 atom stereocenters. The molecule has 0 aliphatic heterocycles. The summed E-state index contributed by atoms with van der Waals surface area (Å²) in [4.78, 5) is 11.8. The maximum Gasteiger partial charge on any atom is 0.303 e. The lowest BCUT2D eigenvalue weighted by atomic mass is 10.0. The van der Waals surface area contributed by atoms with Crippen molar-refractivity contribution in [3.8, 4) is 0 Å². The van der Waals surface area contributed by atoms with Crippen LogP contribution in [0.5, 0.6) is 0 Å². The van der Waals surface area contributed by atoms with Crippen molar-refractivity contribution in [1.82, 2.24) is 4.72 Å². The summed E-state index contributed by atoms with van der Waals surface area (Å²) in [6.45, 7) is 0. The van der Waals surface area contributed by atoms with Crippen LogP contribution in [0, 0.1) is 0 Å². The summed E-state index contributed by atoms with van der Waals surface area (Å²) >= 11 is 1.36. The minimum Gasteiger partial charge on any atom is -0.481 e. The van der Waals surface area contributed by atoms with Crippen molar-refractivity contribution < 1.29 is 18.3 Å². The Morgan fingerprint density at radius 3 is 2.40 bits per heavy atom. The molecule has 0 amide bonds. The van der Waals surface area contributed by atoms with Crippen molar-refractivity contribution in [2.75, 3.05) is 6.26 Å². The summed E-state index contributed by atoms with van der Waals surface area (Å²) < 4.78 is 28.3. The van der Waals surface area contributed by atoms with Gasteiger partial charge in [0.1, 0.15) is 0 Å². The highest BCUT2D eigenvalue weighted by molar-refractivity contribution is 7.99. The second kappa shape index (κ2) is 9.03. The summed E-state index contributed by atoms with van der Waals surface area (Å²) in [5.41, 5.74) is 0.957. The van der Waals surface area contributed by atoms with Gasteiger partial charge in [-0.05, 0) is 36.8 Å². The molecule has 0 bridgehead atoms. The van der Waals surface area contributed by atoms with E-state index >= 15 is 0 Å². The van der Waals surface area contributed by atoms with Crippen LogP contribution in [0.1, 0.15) is 18.4 Å². The molecule has 0 aliphatic carbocycles. The fourth-order valence-electron chi connectivity index (χ4n) is 2.52. The maximum atomic E-state index is 12.8. The molecule has 2 aromatic rings. The quantitative estimate of drug-likeness (QED) is 0.654. The zero-order chi connectivity index (χ0) is 18.3. The number of benzene rings is 2. The van der Waals surface area contributed by atoms with Crippen molar-refractivity contribution in [3.63, 3.8) is 0 Å². The molecule has 0 saturated carbocycles. The van der Waals surface area contributed by atoms with Gasteiger partial charge in [0.25, 0.3) is 0 Å². The first kappa shape index (κ1) is 19.5. The van der Waals surface area contributed by atoms with Gasteiger partial charge >= 0.3 is 5.97 Å². The Morgan fingerprint density at radius 1 is 1.12 bits per heavy atom. The fraction of sp³-hybridized carbons (Fsp3) is 0.278. The molecular formula is C18H21NO4S2. The lowest BCUT2D eigenvalue weighted by Crippen LogP contribution is -2.37. The smallest absolute Gasteiger partial charge is 0.303 e. The predicted molar refractivity (Wildman–Crippen MR) is 99.3 cm³/mol. The van der Waals surface area contributed by atoms with E-state index in [1.165, 1.54) is 11.8 Å². The molecule has 2 aromatic carbocycles. The summed E-state index contributed by atoms with van der Waals surface area (Å²) in [7, 11) is -3.73. The van der Waals surface area contributed by atoms with Crippen molar-refractivity contribution in [1.29, 1.82) is 0 Å². The number of carboxylic acid groups (broad SMARTS) is 1. The first-order chi connectivity index (χ1) is 11.9. The first-order valence-electron chi connectivity index (χ1n) is 7.83. The Bertz CT molecular complexity index is 807. The van der Waals surface area contributed by atoms with Gasteiger partial charge in [-0.2, -0.15) is 0 Å². The van der Waals surface area contributed by atoms with Crippen LogP contribution in [0.3, 0.4) is 0 Å². The molecule has 0 heterocycles. The minimum atomic E-state index is -3.73. The van der Waals surface area contributed by atoms with E-state index in [-0.39, 0.29) is 17.7 Å². The van der Waals surface area contributed by atoms with E-state index in [4.69, 9.17) is 5.11 Å². The number of aliphatic carboxylic acids is 1. The highest BCUT2D eigenvalue weighted by Crippen LogP contribution is 2.24. The van der Waals surface area contributed by atoms with E-state index in [9.17, 15) is 13.2 Å². The molecule has 0 spiro atoms. The number of hydrogen-bond acceptors (Lipinski definition) is 4. The third kappa shape index (κ3) is 5.88. The Balaban J connectivity index is 2.23. The molecule has 0 fully saturated rings. The molecule has 5 nitrogen and oxygen atoms in total. The molecule has 134 valence electrons. The third-order valence-corrected chi connectivity index (χ3v) is 6.22. The van der Waals surface area contributed by atoms with Crippen molar-refractivity contribution in [3.05, 3.63) is 60.2 Å². The lowest BCUT2D eigenvalue weighted by molar-refractivity contribution is -0.137. The van der Waals surface area contributed by atoms with E-state index < -0.39 is 22.0 Å². The second-order valence-corrected chi connectivity index (χ2v) is 8.12. The van der Waals surface area contributed by atoms with Gasteiger partial charge in [-0.15, -0.1) is 11.8 Å². The van der Waals surface area contributed by atoms with E-state index in [0.29, 0.717) is 11.3 Å².